The van der Waals surface area contributed by atoms with E-state index in [0.29, 0.717) is 5.15 Å². The first-order valence-corrected chi connectivity index (χ1v) is 6.08. The van der Waals surface area contributed by atoms with Gasteiger partial charge in [0.2, 0.25) is 0 Å². The molecule has 18 heavy (non-hydrogen) atoms. The quantitative estimate of drug-likeness (QED) is 0.834. The van der Waals surface area contributed by atoms with Crippen LogP contribution in [0, 0.1) is 12.7 Å². The molecule has 0 spiro atoms. The fraction of sp³-hybridized carbons (Fsp3) is 0.214. The lowest BCUT2D eigenvalue weighted by Gasteiger charge is -2.16. The van der Waals surface area contributed by atoms with E-state index in [-0.39, 0.29) is 11.9 Å². The van der Waals surface area contributed by atoms with Crippen LogP contribution in [0.2, 0.25) is 5.15 Å². The van der Waals surface area contributed by atoms with Crippen molar-refractivity contribution in [2.24, 2.45) is 0 Å². The molecule has 0 aliphatic heterocycles. The summed E-state index contributed by atoms with van der Waals surface area (Å²) >= 11 is 6.02. The van der Waals surface area contributed by atoms with Crippen molar-refractivity contribution < 1.29 is 4.39 Å². The molecule has 0 aliphatic rings. The Balaban J connectivity index is 2.18. The van der Waals surface area contributed by atoms with Gasteiger partial charge in [0.15, 0.2) is 5.15 Å². The maximum atomic E-state index is 12.8. The number of benzene rings is 1. The summed E-state index contributed by atoms with van der Waals surface area (Å²) in [6, 6.07) is 8.38. The summed E-state index contributed by atoms with van der Waals surface area (Å²) in [5.41, 5.74) is 2.82. The van der Waals surface area contributed by atoms with Crippen molar-refractivity contribution in [2.75, 3.05) is 5.32 Å². The first-order valence-electron chi connectivity index (χ1n) is 5.70. The number of aromatic nitrogens is 1. The zero-order chi connectivity index (χ0) is 13.1. The second-order valence-electron chi connectivity index (χ2n) is 4.27. The van der Waals surface area contributed by atoms with Crippen LogP contribution in [0.3, 0.4) is 0 Å². The first kappa shape index (κ1) is 12.8. The van der Waals surface area contributed by atoms with Gasteiger partial charge in [0.05, 0.1) is 5.69 Å². The third-order valence-electron chi connectivity index (χ3n) is 2.72. The van der Waals surface area contributed by atoms with E-state index in [4.69, 9.17) is 11.6 Å². The zero-order valence-corrected chi connectivity index (χ0v) is 11.0. The Morgan fingerprint density at radius 2 is 1.94 bits per heavy atom. The Hall–Kier alpha value is -1.61. The van der Waals surface area contributed by atoms with Gasteiger partial charge in [0.1, 0.15) is 5.82 Å². The molecule has 1 N–H and O–H groups in total. The second-order valence-corrected chi connectivity index (χ2v) is 4.63. The van der Waals surface area contributed by atoms with E-state index in [0.717, 1.165) is 16.8 Å². The minimum absolute atomic E-state index is 0.0340. The lowest BCUT2D eigenvalue weighted by atomic mass is 10.1. The van der Waals surface area contributed by atoms with Crippen LogP contribution in [-0.2, 0) is 0 Å². The molecule has 0 fully saturated rings. The van der Waals surface area contributed by atoms with Crippen LogP contribution < -0.4 is 5.32 Å². The van der Waals surface area contributed by atoms with Crippen LogP contribution in [0.25, 0.3) is 0 Å². The average Bonchev–Trinajstić information content (AvgIpc) is 2.34. The second kappa shape index (κ2) is 5.36. The molecule has 1 aromatic heterocycles. The van der Waals surface area contributed by atoms with E-state index in [1.165, 1.54) is 12.1 Å². The predicted octanol–water partition coefficient (Wildman–Crippen LogP) is 4.36. The normalized spacial score (nSPS) is 12.2. The van der Waals surface area contributed by atoms with Gasteiger partial charge >= 0.3 is 0 Å². The lowest BCUT2D eigenvalue weighted by molar-refractivity contribution is 0.626. The van der Waals surface area contributed by atoms with Crippen LogP contribution in [0.4, 0.5) is 10.1 Å². The summed E-state index contributed by atoms with van der Waals surface area (Å²) in [7, 11) is 0. The van der Waals surface area contributed by atoms with E-state index in [9.17, 15) is 4.39 Å². The third kappa shape index (κ3) is 2.99. The van der Waals surface area contributed by atoms with E-state index in [2.05, 4.69) is 10.3 Å². The van der Waals surface area contributed by atoms with Crippen molar-refractivity contribution in [3.63, 3.8) is 0 Å². The Bertz CT molecular complexity index is 540. The molecule has 0 saturated heterocycles. The molecule has 0 bridgehead atoms. The molecule has 0 radical (unpaired) electrons. The minimum Gasteiger partial charge on any atom is -0.376 e. The predicted molar refractivity (Wildman–Crippen MR) is 72.4 cm³/mol. The molecule has 4 heteroatoms. The van der Waals surface area contributed by atoms with Crippen LogP contribution in [-0.4, -0.2) is 4.98 Å². The molecule has 1 aromatic carbocycles. The van der Waals surface area contributed by atoms with E-state index in [1.807, 2.05) is 19.9 Å². The molecule has 2 rings (SSSR count). The van der Waals surface area contributed by atoms with Crippen molar-refractivity contribution >= 4 is 17.3 Å². The highest BCUT2D eigenvalue weighted by Crippen LogP contribution is 2.25. The number of pyridine rings is 1. The van der Waals surface area contributed by atoms with Crippen molar-refractivity contribution in [1.29, 1.82) is 0 Å². The molecule has 0 aliphatic carbocycles. The summed E-state index contributed by atoms with van der Waals surface area (Å²) in [4.78, 5) is 4.08. The van der Waals surface area contributed by atoms with E-state index in [1.54, 1.807) is 18.3 Å². The summed E-state index contributed by atoms with van der Waals surface area (Å²) in [5, 5.41) is 3.71. The topological polar surface area (TPSA) is 24.9 Å². The van der Waals surface area contributed by atoms with Crippen molar-refractivity contribution in [3.8, 4) is 0 Å². The van der Waals surface area contributed by atoms with Crippen molar-refractivity contribution in [2.45, 2.75) is 19.9 Å². The zero-order valence-electron chi connectivity index (χ0n) is 10.2. The number of rotatable bonds is 3. The maximum absolute atomic E-state index is 12.8. The van der Waals surface area contributed by atoms with Gasteiger partial charge in [-0.05, 0) is 43.2 Å². The Kier molecular flexibility index (Phi) is 3.82. The van der Waals surface area contributed by atoms with Gasteiger partial charge in [-0.2, -0.15) is 0 Å². The molecule has 0 saturated carbocycles. The van der Waals surface area contributed by atoms with Gasteiger partial charge < -0.3 is 5.32 Å². The number of nitrogens with zero attached hydrogens (tertiary/aromatic N) is 1. The highest BCUT2D eigenvalue weighted by molar-refractivity contribution is 6.31. The molecule has 1 unspecified atom stereocenters. The van der Waals surface area contributed by atoms with Crippen molar-refractivity contribution in [1.82, 2.24) is 4.98 Å². The number of anilines is 1. The summed E-state index contributed by atoms with van der Waals surface area (Å²) in [6.07, 6.45) is 1.72. The van der Waals surface area contributed by atoms with Gasteiger partial charge in [0.25, 0.3) is 0 Å². The fourth-order valence-electron chi connectivity index (χ4n) is 1.72. The van der Waals surface area contributed by atoms with Crippen molar-refractivity contribution in [3.05, 3.63) is 58.6 Å². The molecular weight excluding hydrogens is 251 g/mol. The third-order valence-corrected chi connectivity index (χ3v) is 3.02. The van der Waals surface area contributed by atoms with Gasteiger partial charge in [-0.1, -0.05) is 23.7 Å². The number of hydrogen-bond donors (Lipinski definition) is 1. The van der Waals surface area contributed by atoms with Gasteiger partial charge in [-0.3, -0.25) is 0 Å². The Morgan fingerprint density at radius 1 is 1.28 bits per heavy atom. The van der Waals surface area contributed by atoms with Crippen LogP contribution in [0.1, 0.15) is 24.1 Å². The van der Waals surface area contributed by atoms with Gasteiger partial charge in [0, 0.05) is 12.2 Å². The number of aryl methyl sites for hydroxylation is 1. The average molecular weight is 265 g/mol. The smallest absolute Gasteiger partial charge is 0.152 e. The lowest BCUT2D eigenvalue weighted by Crippen LogP contribution is -2.07. The molecule has 1 heterocycles. The Morgan fingerprint density at radius 3 is 2.61 bits per heavy atom. The van der Waals surface area contributed by atoms with Crippen LogP contribution in [0.15, 0.2) is 36.5 Å². The highest BCUT2D eigenvalue weighted by atomic mass is 35.5. The Labute approximate surface area is 111 Å². The molecule has 2 nitrogen and oxygen atoms in total. The van der Waals surface area contributed by atoms with E-state index < -0.39 is 0 Å². The molecular formula is C14H14ClFN2. The molecule has 0 amide bonds. The highest BCUT2D eigenvalue weighted by Gasteiger charge is 2.08. The summed E-state index contributed by atoms with van der Waals surface area (Å²) in [5.74, 6) is -0.235. The number of nitrogens with one attached hydrogen (secondary N) is 1. The van der Waals surface area contributed by atoms with Gasteiger partial charge in [-0.25, -0.2) is 9.37 Å². The standard InChI is InChI=1S/C14H14ClFN2/c1-9-7-13(14(15)17-8-9)18-10(2)11-3-5-12(16)6-4-11/h3-8,10,18H,1-2H3. The SMILES string of the molecule is Cc1cnc(Cl)c(NC(C)c2ccc(F)cc2)c1. The first-order chi connectivity index (χ1) is 8.56. The van der Waals surface area contributed by atoms with Gasteiger partial charge in [-0.15, -0.1) is 0 Å². The monoisotopic (exact) mass is 264 g/mol. The minimum atomic E-state index is -0.235. The summed E-state index contributed by atoms with van der Waals surface area (Å²) in [6.45, 7) is 3.95. The van der Waals surface area contributed by atoms with Crippen LogP contribution in [0.5, 0.6) is 0 Å². The maximum Gasteiger partial charge on any atom is 0.152 e. The van der Waals surface area contributed by atoms with Crippen LogP contribution >= 0.6 is 11.6 Å². The fourth-order valence-corrected chi connectivity index (χ4v) is 1.88. The largest absolute Gasteiger partial charge is 0.376 e. The number of halogens is 2. The molecule has 1 atom stereocenters. The number of hydrogen-bond acceptors (Lipinski definition) is 2. The van der Waals surface area contributed by atoms with E-state index >= 15 is 0 Å². The molecule has 2 aromatic rings. The molecule has 94 valence electrons. The summed E-state index contributed by atoms with van der Waals surface area (Å²) < 4.78 is 12.8.